The topological polar surface area (TPSA) is 70.2 Å². The zero-order valence-electron chi connectivity index (χ0n) is 11.0. The second-order valence-electron chi connectivity index (χ2n) is 4.08. The van der Waals surface area contributed by atoms with Gasteiger partial charge in [0, 0.05) is 13.1 Å². The van der Waals surface area contributed by atoms with Gasteiger partial charge in [0.25, 0.3) is 0 Å². The molecule has 1 unspecified atom stereocenters. The van der Waals surface area contributed by atoms with Crippen molar-refractivity contribution in [1.29, 1.82) is 0 Å². The Morgan fingerprint density at radius 2 is 1.89 bits per heavy atom. The minimum absolute atomic E-state index is 0.300. The maximum absolute atomic E-state index is 12.7. The molecule has 0 saturated heterocycles. The van der Waals surface area contributed by atoms with Gasteiger partial charge in [-0.2, -0.15) is 0 Å². The largest absolute Gasteiger partial charge is 0.338 e. The van der Waals surface area contributed by atoms with Gasteiger partial charge in [0.2, 0.25) is 5.91 Å². The van der Waals surface area contributed by atoms with Crippen LogP contribution in [0.2, 0.25) is 0 Å². The summed E-state index contributed by atoms with van der Waals surface area (Å²) in [5.74, 6) is -0.709. The van der Waals surface area contributed by atoms with E-state index in [9.17, 15) is 14.0 Å². The predicted octanol–water partition coefficient (Wildman–Crippen LogP) is 1.15. The van der Waals surface area contributed by atoms with Gasteiger partial charge in [-0.3, -0.25) is 10.1 Å². The van der Waals surface area contributed by atoms with Crippen molar-refractivity contribution >= 4 is 11.9 Å². The van der Waals surface area contributed by atoms with Gasteiger partial charge in [0.15, 0.2) is 0 Å². The molecule has 0 aliphatic rings. The van der Waals surface area contributed by atoms with Crippen LogP contribution in [0.25, 0.3) is 0 Å². The number of imide groups is 1. The molecular formula is C13H18FN3O2. The van der Waals surface area contributed by atoms with E-state index in [1.54, 1.807) is 26.0 Å². The monoisotopic (exact) mass is 267 g/mol. The summed E-state index contributed by atoms with van der Waals surface area (Å²) in [5.41, 5.74) is 0.860. The number of benzene rings is 1. The molecular weight excluding hydrogens is 249 g/mol. The SMILES string of the molecule is CCNC(=O)NC(=O)C(C)NCc1ccc(F)cc1. The minimum Gasteiger partial charge on any atom is -0.338 e. The highest BCUT2D eigenvalue weighted by molar-refractivity contribution is 5.96. The zero-order chi connectivity index (χ0) is 14.3. The van der Waals surface area contributed by atoms with E-state index >= 15 is 0 Å². The Kier molecular flexibility index (Phi) is 5.95. The van der Waals surface area contributed by atoms with Crippen molar-refractivity contribution in [3.8, 4) is 0 Å². The highest BCUT2D eigenvalue weighted by Crippen LogP contribution is 2.02. The highest BCUT2D eigenvalue weighted by atomic mass is 19.1. The van der Waals surface area contributed by atoms with Gasteiger partial charge in [0.1, 0.15) is 5.82 Å². The van der Waals surface area contributed by atoms with Crippen LogP contribution in [0, 0.1) is 5.82 Å². The fourth-order valence-electron chi connectivity index (χ4n) is 1.39. The predicted molar refractivity (Wildman–Crippen MR) is 69.9 cm³/mol. The highest BCUT2D eigenvalue weighted by Gasteiger charge is 2.14. The Bertz CT molecular complexity index is 434. The van der Waals surface area contributed by atoms with E-state index in [0.29, 0.717) is 13.1 Å². The molecule has 104 valence electrons. The van der Waals surface area contributed by atoms with Crippen LogP contribution >= 0.6 is 0 Å². The van der Waals surface area contributed by atoms with E-state index < -0.39 is 18.0 Å². The second-order valence-corrected chi connectivity index (χ2v) is 4.08. The molecule has 1 aromatic carbocycles. The summed E-state index contributed by atoms with van der Waals surface area (Å²) in [4.78, 5) is 22.8. The average Bonchev–Trinajstić information content (AvgIpc) is 2.37. The van der Waals surface area contributed by atoms with Gasteiger partial charge >= 0.3 is 6.03 Å². The van der Waals surface area contributed by atoms with Crippen molar-refractivity contribution in [3.63, 3.8) is 0 Å². The van der Waals surface area contributed by atoms with Crippen LogP contribution < -0.4 is 16.0 Å². The molecule has 0 aliphatic heterocycles. The lowest BCUT2D eigenvalue weighted by Gasteiger charge is -2.13. The molecule has 6 heteroatoms. The molecule has 0 heterocycles. The molecule has 1 rings (SSSR count). The summed E-state index contributed by atoms with van der Waals surface area (Å²) in [6, 6.07) is 4.95. The maximum atomic E-state index is 12.7. The smallest absolute Gasteiger partial charge is 0.321 e. The standard InChI is InChI=1S/C13H18FN3O2/c1-3-15-13(19)17-12(18)9(2)16-8-10-4-6-11(14)7-5-10/h4-7,9,16H,3,8H2,1-2H3,(H2,15,17,18,19). The fraction of sp³-hybridized carbons (Fsp3) is 0.385. The van der Waals surface area contributed by atoms with Crippen LogP contribution in [0.5, 0.6) is 0 Å². The normalized spacial score (nSPS) is 11.7. The first kappa shape index (κ1) is 15.1. The molecule has 0 aromatic heterocycles. The third-order valence-electron chi connectivity index (χ3n) is 2.49. The molecule has 1 aromatic rings. The van der Waals surface area contributed by atoms with Crippen molar-refractivity contribution < 1.29 is 14.0 Å². The summed E-state index contributed by atoms with van der Waals surface area (Å²) in [6.07, 6.45) is 0. The molecule has 0 spiro atoms. The van der Waals surface area contributed by atoms with Crippen LogP contribution in [0.15, 0.2) is 24.3 Å². The zero-order valence-corrected chi connectivity index (χ0v) is 11.0. The van der Waals surface area contributed by atoms with Crippen molar-refractivity contribution in [2.45, 2.75) is 26.4 Å². The average molecular weight is 267 g/mol. The summed E-state index contributed by atoms with van der Waals surface area (Å²) in [5, 5.41) is 7.64. The van der Waals surface area contributed by atoms with Crippen LogP contribution in [-0.2, 0) is 11.3 Å². The Balaban J connectivity index is 2.38. The Hall–Kier alpha value is -1.95. The lowest BCUT2D eigenvalue weighted by molar-refractivity contribution is -0.121. The van der Waals surface area contributed by atoms with Gasteiger partial charge in [-0.1, -0.05) is 12.1 Å². The Morgan fingerprint density at radius 1 is 1.26 bits per heavy atom. The Morgan fingerprint density at radius 3 is 2.47 bits per heavy atom. The molecule has 0 radical (unpaired) electrons. The van der Waals surface area contributed by atoms with Gasteiger partial charge < -0.3 is 10.6 Å². The number of rotatable bonds is 5. The number of nitrogens with one attached hydrogen (secondary N) is 3. The lowest BCUT2D eigenvalue weighted by atomic mass is 10.2. The molecule has 0 bridgehead atoms. The number of carbonyl (C=O) groups excluding carboxylic acids is 2. The van der Waals surface area contributed by atoms with Crippen LogP contribution in [0.4, 0.5) is 9.18 Å². The Labute approximate surface area is 111 Å². The van der Waals surface area contributed by atoms with E-state index in [1.807, 2.05) is 0 Å². The van der Waals surface area contributed by atoms with E-state index in [0.717, 1.165) is 5.56 Å². The number of hydrogen-bond acceptors (Lipinski definition) is 3. The third-order valence-corrected chi connectivity index (χ3v) is 2.49. The molecule has 1 atom stereocenters. The van der Waals surface area contributed by atoms with Crippen molar-refractivity contribution in [1.82, 2.24) is 16.0 Å². The van der Waals surface area contributed by atoms with E-state index in [2.05, 4.69) is 16.0 Å². The van der Waals surface area contributed by atoms with Crippen molar-refractivity contribution in [3.05, 3.63) is 35.6 Å². The molecule has 5 nitrogen and oxygen atoms in total. The number of hydrogen-bond donors (Lipinski definition) is 3. The van der Waals surface area contributed by atoms with Crippen LogP contribution in [-0.4, -0.2) is 24.5 Å². The first-order valence-electron chi connectivity index (χ1n) is 6.09. The minimum atomic E-state index is -0.521. The summed E-state index contributed by atoms with van der Waals surface area (Å²) < 4.78 is 12.7. The van der Waals surface area contributed by atoms with Crippen molar-refractivity contribution in [2.75, 3.05) is 6.54 Å². The molecule has 19 heavy (non-hydrogen) atoms. The van der Waals surface area contributed by atoms with Crippen molar-refractivity contribution in [2.24, 2.45) is 0 Å². The number of urea groups is 1. The summed E-state index contributed by atoms with van der Waals surface area (Å²) in [7, 11) is 0. The number of carbonyl (C=O) groups is 2. The lowest BCUT2D eigenvalue weighted by Crippen LogP contribution is -2.47. The van der Waals surface area contributed by atoms with Crippen LogP contribution in [0.1, 0.15) is 19.4 Å². The van der Waals surface area contributed by atoms with Gasteiger partial charge in [-0.15, -0.1) is 0 Å². The first-order valence-corrected chi connectivity index (χ1v) is 6.09. The van der Waals surface area contributed by atoms with E-state index in [4.69, 9.17) is 0 Å². The summed E-state index contributed by atoms with van der Waals surface area (Å²) in [6.45, 7) is 4.29. The molecule has 0 aliphatic carbocycles. The van der Waals surface area contributed by atoms with E-state index in [-0.39, 0.29) is 5.82 Å². The fourth-order valence-corrected chi connectivity index (χ4v) is 1.39. The molecule has 3 amide bonds. The van der Waals surface area contributed by atoms with Gasteiger partial charge in [0.05, 0.1) is 6.04 Å². The number of amides is 3. The third kappa shape index (κ3) is 5.48. The van der Waals surface area contributed by atoms with E-state index in [1.165, 1.54) is 12.1 Å². The second kappa shape index (κ2) is 7.48. The molecule has 3 N–H and O–H groups in total. The summed E-state index contributed by atoms with van der Waals surface area (Å²) >= 11 is 0. The number of halogens is 1. The van der Waals surface area contributed by atoms with Gasteiger partial charge in [-0.05, 0) is 31.5 Å². The molecule has 0 saturated carbocycles. The van der Waals surface area contributed by atoms with Crippen LogP contribution in [0.3, 0.4) is 0 Å². The molecule has 0 fully saturated rings. The maximum Gasteiger partial charge on any atom is 0.321 e. The van der Waals surface area contributed by atoms with Gasteiger partial charge in [-0.25, -0.2) is 9.18 Å². The first-order chi connectivity index (χ1) is 9.02. The quantitative estimate of drug-likeness (QED) is 0.749.